The molecule has 0 aliphatic carbocycles. The lowest BCUT2D eigenvalue weighted by atomic mass is 10.0. The molecule has 1 aliphatic heterocycles. The maximum absolute atomic E-state index is 12.5. The van der Waals surface area contributed by atoms with Gasteiger partial charge in [-0.2, -0.15) is 13.2 Å². The summed E-state index contributed by atoms with van der Waals surface area (Å²) in [6.07, 6.45) is -3.92. The van der Waals surface area contributed by atoms with Crippen LogP contribution >= 0.6 is 0 Å². The van der Waals surface area contributed by atoms with E-state index < -0.39 is 11.7 Å². The molecular formula is C9H9F3N2. The van der Waals surface area contributed by atoms with Crippen LogP contribution in [0, 0.1) is 0 Å². The molecule has 0 saturated heterocycles. The molecule has 0 spiro atoms. The van der Waals surface area contributed by atoms with E-state index in [-0.39, 0.29) is 0 Å². The van der Waals surface area contributed by atoms with Crippen LogP contribution in [0.15, 0.2) is 18.2 Å². The van der Waals surface area contributed by atoms with Gasteiger partial charge in [0.15, 0.2) is 0 Å². The Morgan fingerprint density at radius 1 is 1.29 bits per heavy atom. The second-order valence-corrected chi connectivity index (χ2v) is 3.24. The van der Waals surface area contributed by atoms with Gasteiger partial charge in [-0.1, -0.05) is 6.07 Å². The third-order valence-electron chi connectivity index (χ3n) is 2.37. The molecule has 1 heterocycles. The second-order valence-electron chi connectivity index (χ2n) is 3.24. The van der Waals surface area contributed by atoms with Gasteiger partial charge in [-0.3, -0.25) is 0 Å². The molecule has 2 N–H and O–H groups in total. The second kappa shape index (κ2) is 2.88. The molecule has 76 valence electrons. The van der Waals surface area contributed by atoms with Crippen LogP contribution in [0.3, 0.4) is 0 Å². The number of benzene rings is 1. The summed E-state index contributed by atoms with van der Waals surface area (Å²) in [5.74, 6) is 5.52. The summed E-state index contributed by atoms with van der Waals surface area (Å²) < 4.78 is 37.5. The molecule has 2 nitrogen and oxygen atoms in total. The van der Waals surface area contributed by atoms with Crippen molar-refractivity contribution in [2.45, 2.75) is 12.6 Å². The number of halogens is 3. The quantitative estimate of drug-likeness (QED) is 0.651. The smallest absolute Gasteiger partial charge is 0.310 e. The van der Waals surface area contributed by atoms with Gasteiger partial charge in [-0.05, 0) is 24.1 Å². The van der Waals surface area contributed by atoms with Crippen molar-refractivity contribution in [1.82, 2.24) is 0 Å². The number of hydrazine groups is 1. The Kier molecular flexibility index (Phi) is 1.92. The molecule has 14 heavy (non-hydrogen) atoms. The van der Waals surface area contributed by atoms with E-state index in [0.717, 1.165) is 6.07 Å². The summed E-state index contributed by atoms with van der Waals surface area (Å²) in [5, 5.41) is 1.35. The van der Waals surface area contributed by atoms with Crippen LogP contribution in [0.5, 0.6) is 0 Å². The summed E-state index contributed by atoms with van der Waals surface area (Å²) in [6.45, 7) is 0.447. The van der Waals surface area contributed by atoms with Crippen molar-refractivity contribution in [1.29, 1.82) is 0 Å². The Morgan fingerprint density at radius 2 is 2.00 bits per heavy atom. The fourth-order valence-corrected chi connectivity index (χ4v) is 1.72. The normalized spacial score (nSPS) is 15.9. The number of rotatable bonds is 0. The van der Waals surface area contributed by atoms with Crippen molar-refractivity contribution >= 4 is 5.69 Å². The molecule has 0 atom stereocenters. The molecule has 1 aliphatic rings. The van der Waals surface area contributed by atoms with Gasteiger partial charge >= 0.3 is 6.18 Å². The summed E-state index contributed by atoms with van der Waals surface area (Å²) >= 11 is 0. The summed E-state index contributed by atoms with van der Waals surface area (Å²) in [7, 11) is 0. The maximum Gasteiger partial charge on any atom is 0.416 e. The first-order valence-corrected chi connectivity index (χ1v) is 4.21. The van der Waals surface area contributed by atoms with Crippen molar-refractivity contribution in [2.24, 2.45) is 5.84 Å². The van der Waals surface area contributed by atoms with E-state index in [1.165, 1.54) is 11.1 Å². The molecule has 0 radical (unpaired) electrons. The van der Waals surface area contributed by atoms with Gasteiger partial charge in [-0.15, -0.1) is 0 Å². The zero-order valence-corrected chi connectivity index (χ0v) is 7.30. The van der Waals surface area contributed by atoms with Gasteiger partial charge in [0, 0.05) is 6.54 Å². The molecule has 5 heteroatoms. The summed E-state index contributed by atoms with van der Waals surface area (Å²) in [4.78, 5) is 0. The SMILES string of the molecule is NN1CCc2c1cccc2C(F)(F)F. The molecule has 0 saturated carbocycles. The van der Waals surface area contributed by atoms with Crippen LogP contribution in [-0.4, -0.2) is 6.54 Å². The predicted octanol–water partition coefficient (Wildman–Crippen LogP) is 1.94. The van der Waals surface area contributed by atoms with E-state index in [1.807, 2.05) is 0 Å². The highest BCUT2D eigenvalue weighted by Crippen LogP contribution is 2.38. The highest BCUT2D eigenvalue weighted by Gasteiger charge is 2.36. The first-order chi connectivity index (χ1) is 6.50. The molecular weight excluding hydrogens is 193 g/mol. The number of nitrogens with two attached hydrogens (primary N) is 1. The van der Waals surface area contributed by atoms with Gasteiger partial charge < -0.3 is 5.01 Å². The van der Waals surface area contributed by atoms with Gasteiger partial charge in [0.05, 0.1) is 11.3 Å². The van der Waals surface area contributed by atoms with Gasteiger partial charge in [0.25, 0.3) is 0 Å². The molecule has 0 aromatic heterocycles. The zero-order chi connectivity index (χ0) is 10.3. The minimum atomic E-state index is -4.28. The molecule has 1 aromatic carbocycles. The van der Waals surface area contributed by atoms with E-state index in [9.17, 15) is 13.2 Å². The van der Waals surface area contributed by atoms with Crippen molar-refractivity contribution in [3.8, 4) is 0 Å². The number of hydrogen-bond acceptors (Lipinski definition) is 2. The maximum atomic E-state index is 12.5. The Bertz CT molecular complexity index is 360. The largest absolute Gasteiger partial charge is 0.416 e. The number of alkyl halides is 3. The lowest BCUT2D eigenvalue weighted by Crippen LogP contribution is -2.27. The standard InChI is InChI=1S/C9H9F3N2/c10-9(11,12)7-2-1-3-8-6(7)4-5-14(8)13/h1-3H,4-5,13H2. The lowest BCUT2D eigenvalue weighted by Gasteiger charge is -2.14. The Hall–Kier alpha value is -1.23. The molecule has 0 bridgehead atoms. The molecule has 0 amide bonds. The number of nitrogens with zero attached hydrogens (tertiary/aromatic N) is 1. The topological polar surface area (TPSA) is 29.3 Å². The minimum Gasteiger partial charge on any atom is -0.310 e. The van der Waals surface area contributed by atoms with Crippen molar-refractivity contribution in [3.63, 3.8) is 0 Å². The van der Waals surface area contributed by atoms with Crippen molar-refractivity contribution in [2.75, 3.05) is 11.6 Å². The van der Waals surface area contributed by atoms with Gasteiger partial charge in [0.2, 0.25) is 0 Å². The average Bonchev–Trinajstić information content (AvgIpc) is 2.46. The highest BCUT2D eigenvalue weighted by molar-refractivity contribution is 5.60. The van der Waals surface area contributed by atoms with Crippen molar-refractivity contribution < 1.29 is 13.2 Å². The van der Waals surface area contributed by atoms with Crippen LogP contribution in [-0.2, 0) is 12.6 Å². The minimum absolute atomic E-state index is 0.308. The van der Waals surface area contributed by atoms with Crippen LogP contribution in [0.2, 0.25) is 0 Å². The van der Waals surface area contributed by atoms with Gasteiger partial charge in [0.1, 0.15) is 0 Å². The zero-order valence-electron chi connectivity index (χ0n) is 7.30. The fourth-order valence-electron chi connectivity index (χ4n) is 1.72. The first kappa shape index (κ1) is 9.33. The van der Waals surface area contributed by atoms with Crippen LogP contribution in [0.1, 0.15) is 11.1 Å². The summed E-state index contributed by atoms with van der Waals surface area (Å²) in [6, 6.07) is 4.09. The van der Waals surface area contributed by atoms with Crippen LogP contribution < -0.4 is 10.9 Å². The molecule has 0 fully saturated rings. The lowest BCUT2D eigenvalue weighted by molar-refractivity contribution is -0.138. The first-order valence-electron chi connectivity index (χ1n) is 4.21. The van der Waals surface area contributed by atoms with Crippen LogP contribution in [0.25, 0.3) is 0 Å². The Labute approximate surface area is 79.1 Å². The Balaban J connectivity index is 2.55. The number of hydrogen-bond donors (Lipinski definition) is 1. The monoisotopic (exact) mass is 202 g/mol. The number of fused-ring (bicyclic) bond motifs is 1. The van der Waals surface area contributed by atoms with E-state index in [4.69, 9.17) is 5.84 Å². The fraction of sp³-hybridized carbons (Fsp3) is 0.333. The summed E-state index contributed by atoms with van der Waals surface area (Å²) in [5.41, 5.74) is 0.227. The van der Waals surface area contributed by atoms with Gasteiger partial charge in [-0.25, -0.2) is 5.84 Å². The molecule has 2 rings (SSSR count). The highest BCUT2D eigenvalue weighted by atomic mass is 19.4. The average molecular weight is 202 g/mol. The van der Waals surface area contributed by atoms with E-state index in [2.05, 4.69) is 0 Å². The number of anilines is 1. The van der Waals surface area contributed by atoms with Crippen LogP contribution in [0.4, 0.5) is 18.9 Å². The predicted molar refractivity (Wildman–Crippen MR) is 46.7 cm³/mol. The third-order valence-corrected chi connectivity index (χ3v) is 2.37. The Morgan fingerprint density at radius 3 is 2.64 bits per heavy atom. The molecule has 0 unspecified atom stereocenters. The van der Waals surface area contributed by atoms with Crippen molar-refractivity contribution in [3.05, 3.63) is 29.3 Å². The molecule has 1 aromatic rings. The van der Waals surface area contributed by atoms with E-state index >= 15 is 0 Å². The van der Waals surface area contributed by atoms with E-state index in [1.54, 1.807) is 6.07 Å². The van der Waals surface area contributed by atoms with E-state index in [0.29, 0.717) is 24.2 Å². The third kappa shape index (κ3) is 1.33.